The van der Waals surface area contributed by atoms with Gasteiger partial charge in [0.15, 0.2) is 0 Å². The Morgan fingerprint density at radius 1 is 1.08 bits per heavy atom. The van der Waals surface area contributed by atoms with Crippen LogP contribution in [0.3, 0.4) is 0 Å². The highest BCUT2D eigenvalue weighted by Crippen LogP contribution is 2.34. The Balaban J connectivity index is 1.48. The minimum Gasteiger partial charge on any atom is -0.487 e. The zero-order chi connectivity index (χ0) is 25.2. The maximum Gasteiger partial charge on any atom is 0.217 e. The molecule has 0 aliphatic carbocycles. The van der Waals surface area contributed by atoms with Gasteiger partial charge >= 0.3 is 0 Å². The summed E-state index contributed by atoms with van der Waals surface area (Å²) >= 11 is 13.4. The second-order valence-corrected chi connectivity index (χ2v) is 9.12. The summed E-state index contributed by atoms with van der Waals surface area (Å²) < 4.78 is 10.1. The summed E-state index contributed by atoms with van der Waals surface area (Å²) in [5, 5.41) is 4.74. The third-order valence-electron chi connectivity index (χ3n) is 5.84. The van der Waals surface area contributed by atoms with Gasteiger partial charge in [0.05, 0.1) is 29.3 Å². The Bertz CT molecular complexity index is 1560. The van der Waals surface area contributed by atoms with Gasteiger partial charge in [-0.25, -0.2) is 9.97 Å². The summed E-state index contributed by atoms with van der Waals surface area (Å²) in [6.45, 7) is 3.97. The molecular weight excluding hydrogens is 497 g/mol. The van der Waals surface area contributed by atoms with E-state index in [0.29, 0.717) is 27.9 Å². The summed E-state index contributed by atoms with van der Waals surface area (Å²) in [4.78, 5) is 20.3. The van der Waals surface area contributed by atoms with E-state index in [0.717, 1.165) is 33.7 Å². The number of halogens is 2. The maximum atomic E-state index is 11.4. The number of amides is 1. The van der Waals surface area contributed by atoms with Gasteiger partial charge in [0.2, 0.25) is 5.91 Å². The largest absolute Gasteiger partial charge is 0.487 e. The molecule has 0 atom stereocenters. The van der Waals surface area contributed by atoms with Crippen LogP contribution < -0.4 is 10.1 Å². The van der Waals surface area contributed by atoms with Crippen molar-refractivity contribution in [2.24, 2.45) is 0 Å². The molecule has 0 fully saturated rings. The van der Waals surface area contributed by atoms with Crippen molar-refractivity contribution in [1.29, 1.82) is 0 Å². The van der Waals surface area contributed by atoms with Crippen molar-refractivity contribution in [3.8, 4) is 17.1 Å². The van der Waals surface area contributed by atoms with Crippen molar-refractivity contribution in [3.05, 3.63) is 100 Å². The predicted molar refractivity (Wildman–Crippen MR) is 141 cm³/mol. The van der Waals surface area contributed by atoms with Gasteiger partial charge in [0.1, 0.15) is 17.9 Å². The molecule has 0 radical (unpaired) electrons. The SMILES string of the molecule is CC(=O)NCc1cccn1-c1ccc(Cl)c(COc2cccc3c(-n4ccnc4)cc(C)nc23)c1Cl. The van der Waals surface area contributed by atoms with E-state index in [1.807, 2.05) is 70.9 Å². The van der Waals surface area contributed by atoms with E-state index in [9.17, 15) is 4.79 Å². The highest BCUT2D eigenvalue weighted by atomic mass is 35.5. The minimum atomic E-state index is -0.103. The first-order valence-corrected chi connectivity index (χ1v) is 12.1. The Morgan fingerprint density at radius 3 is 2.72 bits per heavy atom. The van der Waals surface area contributed by atoms with Gasteiger partial charge < -0.3 is 19.2 Å². The number of para-hydroxylation sites is 1. The fraction of sp³-hybridized carbons (Fsp3) is 0.148. The zero-order valence-electron chi connectivity index (χ0n) is 19.7. The number of aryl methyl sites for hydroxylation is 1. The monoisotopic (exact) mass is 519 g/mol. The van der Waals surface area contributed by atoms with Crippen molar-refractivity contribution in [3.63, 3.8) is 0 Å². The Hall–Kier alpha value is -3.81. The maximum absolute atomic E-state index is 11.4. The van der Waals surface area contributed by atoms with E-state index in [-0.39, 0.29) is 12.5 Å². The summed E-state index contributed by atoms with van der Waals surface area (Å²) in [7, 11) is 0. The van der Waals surface area contributed by atoms with Gasteiger partial charge in [-0.05, 0) is 43.3 Å². The second kappa shape index (κ2) is 10.0. The molecule has 3 heterocycles. The van der Waals surface area contributed by atoms with Crippen LogP contribution in [0.1, 0.15) is 23.9 Å². The number of ether oxygens (including phenoxy) is 1. The molecule has 1 amide bonds. The molecule has 36 heavy (non-hydrogen) atoms. The van der Waals surface area contributed by atoms with Crippen LogP contribution in [0.5, 0.6) is 5.75 Å². The lowest BCUT2D eigenvalue weighted by molar-refractivity contribution is -0.119. The number of carbonyl (C=O) groups is 1. The number of rotatable bonds is 7. The standard InChI is InChI=1S/C27H23Cl2N5O2/c1-17-13-24(33-12-10-30-16-33)20-6-3-7-25(27(20)32-17)36-15-21-22(28)8-9-23(26(21)29)34-11-4-5-19(34)14-31-18(2)35/h3-13,16H,14-15H2,1-2H3,(H,31,35). The molecule has 2 aromatic carbocycles. The molecule has 0 aliphatic heterocycles. The summed E-state index contributed by atoms with van der Waals surface area (Å²) in [5.41, 5.74) is 4.88. The van der Waals surface area contributed by atoms with E-state index < -0.39 is 0 Å². The molecule has 0 spiro atoms. The molecule has 0 saturated heterocycles. The van der Waals surface area contributed by atoms with Crippen LogP contribution in [-0.4, -0.2) is 25.0 Å². The van der Waals surface area contributed by atoms with Crippen molar-refractivity contribution < 1.29 is 9.53 Å². The van der Waals surface area contributed by atoms with Crippen molar-refractivity contribution in [1.82, 2.24) is 24.4 Å². The third-order valence-corrected chi connectivity index (χ3v) is 6.62. The highest BCUT2D eigenvalue weighted by Gasteiger charge is 2.16. The Morgan fingerprint density at radius 2 is 1.94 bits per heavy atom. The molecule has 182 valence electrons. The van der Waals surface area contributed by atoms with E-state index in [4.69, 9.17) is 32.9 Å². The molecule has 5 rings (SSSR count). The molecular formula is C27H23Cl2N5O2. The number of carbonyl (C=O) groups excluding carboxylic acids is 1. The first kappa shape index (κ1) is 23.9. The smallest absolute Gasteiger partial charge is 0.217 e. The van der Waals surface area contributed by atoms with E-state index in [1.54, 1.807) is 18.6 Å². The molecule has 0 aliphatic rings. The van der Waals surface area contributed by atoms with Crippen LogP contribution in [0.25, 0.3) is 22.3 Å². The van der Waals surface area contributed by atoms with Gasteiger partial charge in [0, 0.05) is 52.9 Å². The molecule has 0 unspecified atom stereocenters. The van der Waals surface area contributed by atoms with Crippen LogP contribution in [0.2, 0.25) is 10.0 Å². The van der Waals surface area contributed by atoms with Gasteiger partial charge in [-0.1, -0.05) is 35.3 Å². The molecule has 5 aromatic rings. The summed E-state index contributed by atoms with van der Waals surface area (Å²) in [5.74, 6) is 0.525. The lowest BCUT2D eigenvalue weighted by atomic mass is 10.1. The number of nitrogens with zero attached hydrogens (tertiary/aromatic N) is 4. The summed E-state index contributed by atoms with van der Waals surface area (Å²) in [6.07, 6.45) is 7.29. The van der Waals surface area contributed by atoms with Gasteiger partial charge in [-0.2, -0.15) is 0 Å². The zero-order valence-corrected chi connectivity index (χ0v) is 21.2. The Labute approximate surface area is 218 Å². The van der Waals surface area contributed by atoms with E-state index in [2.05, 4.69) is 10.3 Å². The minimum absolute atomic E-state index is 0.103. The first-order valence-electron chi connectivity index (χ1n) is 11.3. The average molecular weight is 520 g/mol. The van der Waals surface area contributed by atoms with Crippen molar-refractivity contribution in [2.45, 2.75) is 27.0 Å². The second-order valence-electron chi connectivity index (χ2n) is 8.33. The molecule has 0 saturated carbocycles. The average Bonchev–Trinajstić information content (AvgIpc) is 3.55. The normalized spacial score (nSPS) is 11.1. The number of benzene rings is 2. The Kier molecular flexibility index (Phi) is 6.67. The van der Waals surface area contributed by atoms with Crippen LogP contribution >= 0.6 is 23.2 Å². The molecule has 7 nitrogen and oxygen atoms in total. The number of pyridine rings is 1. The van der Waals surface area contributed by atoms with Crippen molar-refractivity contribution in [2.75, 3.05) is 0 Å². The lowest BCUT2D eigenvalue weighted by Gasteiger charge is -2.17. The summed E-state index contributed by atoms with van der Waals surface area (Å²) in [6, 6.07) is 15.3. The van der Waals surface area contributed by atoms with E-state index in [1.165, 1.54) is 6.92 Å². The number of hydrogen-bond donors (Lipinski definition) is 1. The number of hydrogen-bond acceptors (Lipinski definition) is 4. The van der Waals surface area contributed by atoms with Gasteiger partial charge in [0.25, 0.3) is 0 Å². The number of aromatic nitrogens is 4. The quantitative estimate of drug-likeness (QED) is 0.284. The fourth-order valence-electron chi connectivity index (χ4n) is 4.12. The molecule has 0 bridgehead atoms. The van der Waals surface area contributed by atoms with Crippen LogP contribution in [0.4, 0.5) is 0 Å². The van der Waals surface area contributed by atoms with Crippen molar-refractivity contribution >= 4 is 40.0 Å². The molecule has 1 N–H and O–H groups in total. The molecule has 3 aromatic heterocycles. The van der Waals surface area contributed by atoms with Gasteiger partial charge in [-0.3, -0.25) is 4.79 Å². The van der Waals surface area contributed by atoms with Gasteiger partial charge in [-0.15, -0.1) is 0 Å². The molecule has 9 heteroatoms. The fourth-order valence-corrected chi connectivity index (χ4v) is 4.70. The van der Waals surface area contributed by atoms with Crippen LogP contribution in [0.15, 0.2) is 73.4 Å². The van der Waals surface area contributed by atoms with E-state index >= 15 is 0 Å². The van der Waals surface area contributed by atoms with Crippen LogP contribution in [-0.2, 0) is 17.9 Å². The van der Waals surface area contributed by atoms with Crippen LogP contribution in [0, 0.1) is 6.92 Å². The number of nitrogens with one attached hydrogen (secondary N) is 1. The predicted octanol–water partition coefficient (Wildman–Crippen LogP) is 6.04. The number of imidazole rings is 1. The lowest BCUT2D eigenvalue weighted by Crippen LogP contribution is -2.20. The third kappa shape index (κ3) is 4.67. The number of fused-ring (bicyclic) bond motifs is 1. The first-order chi connectivity index (χ1) is 17.4. The highest BCUT2D eigenvalue weighted by molar-refractivity contribution is 6.37. The topological polar surface area (TPSA) is 74.0 Å².